The van der Waals surface area contributed by atoms with Crippen LogP contribution in [0.1, 0.15) is 25.3 Å². The summed E-state index contributed by atoms with van der Waals surface area (Å²) in [6, 6.07) is 4.61. The number of rotatable bonds is 5. The van der Waals surface area contributed by atoms with Crippen molar-refractivity contribution in [2.24, 2.45) is 0 Å². The molecule has 0 bridgehead atoms. The highest BCUT2D eigenvalue weighted by molar-refractivity contribution is 8.13. The fraction of sp³-hybridized carbons (Fsp3) is 0.455. The van der Waals surface area contributed by atoms with Gasteiger partial charge in [0.2, 0.25) is 0 Å². The molecular weight excluding hydrogens is 248 g/mol. The van der Waals surface area contributed by atoms with Crippen LogP contribution in [0.4, 0.5) is 0 Å². The van der Waals surface area contributed by atoms with Gasteiger partial charge in [-0.05, 0) is 37.1 Å². The van der Waals surface area contributed by atoms with Gasteiger partial charge in [0.05, 0.1) is 11.5 Å². The van der Waals surface area contributed by atoms with Gasteiger partial charge in [0.15, 0.2) is 0 Å². The molecule has 0 aliphatic carbocycles. The zero-order valence-corrected chi connectivity index (χ0v) is 10.9. The highest BCUT2D eigenvalue weighted by Crippen LogP contribution is 2.23. The van der Waals surface area contributed by atoms with Crippen molar-refractivity contribution >= 4 is 19.7 Å². The summed E-state index contributed by atoms with van der Waals surface area (Å²) in [6.45, 7) is 4.52. The van der Waals surface area contributed by atoms with Crippen LogP contribution < -0.4 is 4.74 Å². The number of benzene rings is 1. The van der Waals surface area contributed by atoms with E-state index in [1.165, 1.54) is 12.1 Å². The highest BCUT2D eigenvalue weighted by atomic mass is 35.7. The maximum atomic E-state index is 11.1. The molecule has 0 aliphatic rings. The van der Waals surface area contributed by atoms with Crippen molar-refractivity contribution in [3.8, 4) is 5.75 Å². The van der Waals surface area contributed by atoms with Crippen LogP contribution >= 0.6 is 10.7 Å². The van der Waals surface area contributed by atoms with Crippen molar-refractivity contribution in [3.63, 3.8) is 0 Å². The van der Waals surface area contributed by atoms with Gasteiger partial charge in [-0.15, -0.1) is 0 Å². The number of halogens is 1. The van der Waals surface area contributed by atoms with Crippen LogP contribution in [0.25, 0.3) is 0 Å². The molecule has 0 N–H and O–H groups in total. The molecule has 0 heterocycles. The molecule has 1 aromatic carbocycles. The van der Waals surface area contributed by atoms with Gasteiger partial charge in [0.1, 0.15) is 5.75 Å². The lowest BCUT2D eigenvalue weighted by molar-refractivity contribution is 0.307. The van der Waals surface area contributed by atoms with E-state index in [0.29, 0.717) is 12.4 Å². The Balaban J connectivity index is 2.84. The van der Waals surface area contributed by atoms with Crippen LogP contribution in [0.5, 0.6) is 5.75 Å². The fourth-order valence-corrected chi connectivity index (χ4v) is 2.10. The molecule has 1 rings (SSSR count). The lowest BCUT2D eigenvalue weighted by Crippen LogP contribution is -1.99. The quantitative estimate of drug-likeness (QED) is 0.605. The monoisotopic (exact) mass is 262 g/mol. The van der Waals surface area contributed by atoms with Gasteiger partial charge in [-0.3, -0.25) is 0 Å². The van der Waals surface area contributed by atoms with Gasteiger partial charge in [-0.1, -0.05) is 13.3 Å². The summed E-state index contributed by atoms with van der Waals surface area (Å²) in [5, 5.41) is 0. The molecule has 0 spiro atoms. The third kappa shape index (κ3) is 3.68. The van der Waals surface area contributed by atoms with E-state index in [9.17, 15) is 8.42 Å². The van der Waals surface area contributed by atoms with E-state index in [-0.39, 0.29) is 4.90 Å². The Morgan fingerprint density at radius 3 is 2.56 bits per heavy atom. The van der Waals surface area contributed by atoms with Gasteiger partial charge >= 0.3 is 0 Å². The lowest BCUT2D eigenvalue weighted by Gasteiger charge is -2.09. The predicted octanol–water partition coefficient (Wildman–Crippen LogP) is 3.10. The van der Waals surface area contributed by atoms with E-state index >= 15 is 0 Å². The largest absolute Gasteiger partial charge is 0.493 e. The minimum Gasteiger partial charge on any atom is -0.493 e. The summed E-state index contributed by atoms with van der Waals surface area (Å²) >= 11 is 0. The van der Waals surface area contributed by atoms with Crippen LogP contribution in [0.15, 0.2) is 23.1 Å². The molecule has 5 heteroatoms. The molecule has 0 saturated heterocycles. The first-order chi connectivity index (χ1) is 7.45. The molecule has 0 aliphatic heterocycles. The Labute approximate surface area is 101 Å². The summed E-state index contributed by atoms with van der Waals surface area (Å²) in [6.07, 6.45) is 2.04. The third-order valence-corrected chi connectivity index (χ3v) is 3.53. The minimum absolute atomic E-state index is 0.106. The van der Waals surface area contributed by atoms with Crippen molar-refractivity contribution in [2.45, 2.75) is 31.6 Å². The van der Waals surface area contributed by atoms with E-state index < -0.39 is 9.05 Å². The van der Waals surface area contributed by atoms with Gasteiger partial charge in [0.25, 0.3) is 9.05 Å². The Kier molecular flexibility index (Phi) is 4.62. The third-order valence-electron chi connectivity index (χ3n) is 2.18. The van der Waals surface area contributed by atoms with Crippen molar-refractivity contribution < 1.29 is 13.2 Å². The van der Waals surface area contributed by atoms with Crippen LogP contribution in [-0.4, -0.2) is 15.0 Å². The Morgan fingerprint density at radius 1 is 1.38 bits per heavy atom. The molecule has 90 valence electrons. The van der Waals surface area contributed by atoms with E-state index in [2.05, 4.69) is 6.92 Å². The molecule has 0 unspecified atom stereocenters. The minimum atomic E-state index is -3.65. The van der Waals surface area contributed by atoms with Crippen LogP contribution in [0.3, 0.4) is 0 Å². The number of hydrogen-bond acceptors (Lipinski definition) is 3. The molecule has 0 amide bonds. The molecule has 0 atom stereocenters. The molecule has 3 nitrogen and oxygen atoms in total. The molecule has 0 saturated carbocycles. The molecule has 0 radical (unpaired) electrons. The lowest BCUT2D eigenvalue weighted by atomic mass is 10.2. The topological polar surface area (TPSA) is 43.4 Å². The Morgan fingerprint density at radius 2 is 2.06 bits per heavy atom. The number of unbranched alkanes of at least 4 members (excludes halogenated alkanes) is 1. The standard InChI is InChI=1S/C11H15ClO3S/c1-3-4-7-15-11-6-5-10(8-9(11)2)16(12,13)14/h5-6,8H,3-4,7H2,1-2H3. The summed E-state index contributed by atoms with van der Waals surface area (Å²) < 4.78 is 27.7. The fourth-order valence-electron chi connectivity index (χ4n) is 1.26. The smallest absolute Gasteiger partial charge is 0.261 e. The molecule has 0 fully saturated rings. The Bertz CT molecular complexity index is 454. The van der Waals surface area contributed by atoms with Gasteiger partial charge < -0.3 is 4.74 Å². The second kappa shape index (κ2) is 5.55. The van der Waals surface area contributed by atoms with Crippen LogP contribution in [0, 0.1) is 6.92 Å². The van der Waals surface area contributed by atoms with Gasteiger partial charge in [-0.2, -0.15) is 0 Å². The first-order valence-corrected chi connectivity index (χ1v) is 7.44. The average molecular weight is 263 g/mol. The molecular formula is C11H15ClO3S. The van der Waals surface area contributed by atoms with Gasteiger partial charge in [0, 0.05) is 10.7 Å². The SMILES string of the molecule is CCCCOc1ccc(S(=O)(=O)Cl)cc1C. The first kappa shape index (κ1) is 13.3. The maximum Gasteiger partial charge on any atom is 0.261 e. The highest BCUT2D eigenvalue weighted by Gasteiger charge is 2.11. The van der Waals surface area contributed by atoms with Crippen molar-refractivity contribution in [2.75, 3.05) is 6.61 Å². The summed E-state index contributed by atoms with van der Waals surface area (Å²) in [5.41, 5.74) is 0.776. The van der Waals surface area contributed by atoms with Crippen molar-refractivity contribution in [1.29, 1.82) is 0 Å². The summed E-state index contributed by atoms with van der Waals surface area (Å²) in [7, 11) is 1.59. The van der Waals surface area contributed by atoms with E-state index in [0.717, 1.165) is 18.4 Å². The van der Waals surface area contributed by atoms with Gasteiger partial charge in [-0.25, -0.2) is 8.42 Å². The second-order valence-electron chi connectivity index (χ2n) is 3.57. The average Bonchev–Trinajstić information content (AvgIpc) is 2.19. The predicted molar refractivity (Wildman–Crippen MR) is 64.6 cm³/mol. The normalized spacial score (nSPS) is 11.4. The zero-order valence-electron chi connectivity index (χ0n) is 9.36. The number of ether oxygens (including phenoxy) is 1. The van der Waals surface area contributed by atoms with E-state index in [1.807, 2.05) is 0 Å². The van der Waals surface area contributed by atoms with E-state index in [4.69, 9.17) is 15.4 Å². The van der Waals surface area contributed by atoms with Crippen molar-refractivity contribution in [1.82, 2.24) is 0 Å². The molecule has 16 heavy (non-hydrogen) atoms. The maximum absolute atomic E-state index is 11.1. The van der Waals surface area contributed by atoms with Crippen LogP contribution in [-0.2, 0) is 9.05 Å². The Hall–Kier alpha value is -0.740. The summed E-state index contributed by atoms with van der Waals surface area (Å²) in [5.74, 6) is 0.706. The number of aryl methyl sites for hydroxylation is 1. The second-order valence-corrected chi connectivity index (χ2v) is 6.13. The first-order valence-electron chi connectivity index (χ1n) is 5.13. The molecule has 1 aromatic rings. The zero-order chi connectivity index (χ0) is 12.2. The summed E-state index contributed by atoms with van der Waals surface area (Å²) in [4.78, 5) is 0.106. The van der Waals surface area contributed by atoms with Crippen molar-refractivity contribution in [3.05, 3.63) is 23.8 Å². The van der Waals surface area contributed by atoms with Crippen LogP contribution in [0.2, 0.25) is 0 Å². The number of hydrogen-bond donors (Lipinski definition) is 0. The molecule has 0 aromatic heterocycles. The van der Waals surface area contributed by atoms with E-state index in [1.54, 1.807) is 13.0 Å².